The Bertz CT molecular complexity index is 2340. The van der Waals surface area contributed by atoms with Gasteiger partial charge in [0.1, 0.15) is 0 Å². The molecule has 0 N–H and O–H groups in total. The van der Waals surface area contributed by atoms with Crippen LogP contribution < -0.4 is 0 Å². The summed E-state index contributed by atoms with van der Waals surface area (Å²) in [4.78, 5) is 115. The molecule has 0 bridgehead atoms. The highest BCUT2D eigenvalue weighted by atomic mass is 16.6. The predicted octanol–water partition coefficient (Wildman–Crippen LogP) is 6.03. The lowest BCUT2D eigenvalue weighted by Crippen LogP contribution is -2.37. The first-order chi connectivity index (χ1) is 27.0. The number of nitrogens with zero attached hydrogens (tertiary/aromatic N) is 4. The van der Waals surface area contributed by atoms with Crippen molar-refractivity contribution in [2.75, 3.05) is 0 Å². The van der Waals surface area contributed by atoms with Crippen molar-refractivity contribution >= 4 is 65.4 Å². The van der Waals surface area contributed by atoms with Crippen molar-refractivity contribution in [1.29, 1.82) is 0 Å². The number of carbonyl (C=O) groups excluding carboxylic acids is 9. The topological polar surface area (TPSA) is 222 Å². The van der Waals surface area contributed by atoms with E-state index < -0.39 is 40.7 Å². The first-order valence-electron chi connectivity index (χ1n) is 16.5. The standard InChI is InChI=1S/C17H6O7.C15H14N2O2.C9H6N2O2/c18-13(7-1-3-9-11(5-7)16(21)23-14(9)19)8-2-4-10-12(6-8)17(22)24-15(10)20;18-12-16-14(7-3-1-4-8-14)11-15(17-13-19)9-5-2-6-10-15;1-7-8(10-5-12)3-2-4-9(7)11-6-13/h1-6H;1-7,9H,8,10-11H2;2-4H,1H3. The van der Waals surface area contributed by atoms with Crippen LogP contribution in [-0.4, -0.2) is 65.1 Å². The van der Waals surface area contributed by atoms with Crippen LogP contribution in [0.25, 0.3) is 0 Å². The zero-order valence-electron chi connectivity index (χ0n) is 29.2. The molecule has 7 rings (SSSR count). The summed E-state index contributed by atoms with van der Waals surface area (Å²) in [7, 11) is 0. The molecule has 0 saturated carbocycles. The van der Waals surface area contributed by atoms with Gasteiger partial charge >= 0.3 is 23.9 Å². The van der Waals surface area contributed by atoms with Gasteiger partial charge in [0.05, 0.1) is 44.7 Å². The number of isocyanates is 4. The number of carbonyl (C=O) groups is 5. The second-order valence-electron chi connectivity index (χ2n) is 12.3. The Balaban J connectivity index is 0.000000169. The first-order valence-corrected chi connectivity index (χ1v) is 16.5. The van der Waals surface area contributed by atoms with Gasteiger partial charge in [0.15, 0.2) is 5.78 Å². The van der Waals surface area contributed by atoms with E-state index in [4.69, 9.17) is 0 Å². The summed E-state index contributed by atoms with van der Waals surface area (Å²) in [6.07, 6.45) is 22.9. The Hall–Kier alpha value is -7.91. The molecule has 2 aliphatic heterocycles. The molecule has 3 aromatic rings. The normalized spacial score (nSPS) is 19.1. The van der Waals surface area contributed by atoms with Crippen LogP contribution in [0.15, 0.2) is 123 Å². The molecule has 0 spiro atoms. The van der Waals surface area contributed by atoms with Crippen molar-refractivity contribution in [3.05, 3.63) is 142 Å². The molecule has 0 aromatic heterocycles. The predicted molar refractivity (Wildman–Crippen MR) is 195 cm³/mol. The van der Waals surface area contributed by atoms with E-state index in [2.05, 4.69) is 29.4 Å². The average molecular weight is 751 g/mol. The SMILES string of the molecule is Cc1c(N=C=O)cccc1N=C=O.O=C(c1ccc2c(c1)C(=O)OC2=O)c1ccc2c(c1)C(=O)OC2=O.O=C=NC1(CC2(N=C=O)C=CC=CC2)C=CC=CC1. The molecular formula is C41H26N4O11. The number of rotatable bonds is 8. The summed E-state index contributed by atoms with van der Waals surface area (Å²) in [6.45, 7) is 1.71. The largest absolute Gasteiger partial charge is 0.386 e. The van der Waals surface area contributed by atoms with Crippen LogP contribution in [0.5, 0.6) is 0 Å². The van der Waals surface area contributed by atoms with Gasteiger partial charge in [-0.05, 0) is 56.2 Å². The number of esters is 4. The van der Waals surface area contributed by atoms with Crippen LogP contribution in [-0.2, 0) is 28.7 Å². The van der Waals surface area contributed by atoms with Crippen LogP contribution in [0.1, 0.15) is 82.2 Å². The van der Waals surface area contributed by atoms with Crippen LogP contribution in [0.4, 0.5) is 11.4 Å². The van der Waals surface area contributed by atoms with Gasteiger partial charge in [0.2, 0.25) is 24.3 Å². The number of ketones is 1. The Morgan fingerprint density at radius 2 is 1.04 bits per heavy atom. The summed E-state index contributed by atoms with van der Waals surface area (Å²) in [5, 5.41) is 0. The highest BCUT2D eigenvalue weighted by Gasteiger charge is 2.39. The third-order valence-electron chi connectivity index (χ3n) is 8.82. The van der Waals surface area contributed by atoms with Crippen LogP contribution >= 0.6 is 0 Å². The minimum Gasteiger partial charge on any atom is -0.386 e. The van der Waals surface area contributed by atoms with Gasteiger partial charge in [-0.15, -0.1) is 0 Å². The van der Waals surface area contributed by atoms with Crippen LogP contribution in [0, 0.1) is 6.92 Å². The van der Waals surface area contributed by atoms with Gasteiger partial charge in [-0.1, -0.05) is 66.8 Å². The van der Waals surface area contributed by atoms with E-state index in [1.807, 2.05) is 48.6 Å². The quantitative estimate of drug-likeness (QED) is 0.0850. The van der Waals surface area contributed by atoms with Gasteiger partial charge in [0, 0.05) is 23.1 Å². The minimum atomic E-state index is -0.812. The summed E-state index contributed by atoms with van der Waals surface area (Å²) in [5.41, 5.74) is 0.768. The highest BCUT2D eigenvalue weighted by Crippen LogP contribution is 2.37. The van der Waals surface area contributed by atoms with Crippen molar-refractivity contribution in [2.24, 2.45) is 20.0 Å². The molecular weight excluding hydrogens is 724 g/mol. The second-order valence-corrected chi connectivity index (χ2v) is 12.3. The summed E-state index contributed by atoms with van der Waals surface area (Å²) in [6, 6.07) is 12.9. The van der Waals surface area contributed by atoms with Gasteiger partial charge in [-0.2, -0.15) is 20.0 Å². The Labute approximate surface area is 316 Å². The zero-order valence-corrected chi connectivity index (χ0v) is 29.2. The van der Waals surface area contributed by atoms with Crippen molar-refractivity contribution in [3.8, 4) is 0 Å². The van der Waals surface area contributed by atoms with E-state index in [0.717, 1.165) is 0 Å². The Morgan fingerprint density at radius 3 is 1.41 bits per heavy atom. The lowest BCUT2D eigenvalue weighted by Gasteiger charge is -2.34. The maximum atomic E-state index is 12.5. The minimum absolute atomic E-state index is 0.0154. The molecule has 0 saturated heterocycles. The Morgan fingerprint density at radius 1 is 0.607 bits per heavy atom. The summed E-state index contributed by atoms with van der Waals surface area (Å²) >= 11 is 0. The molecule has 0 radical (unpaired) electrons. The van der Waals surface area contributed by atoms with Crippen molar-refractivity contribution in [2.45, 2.75) is 37.3 Å². The highest BCUT2D eigenvalue weighted by molar-refractivity contribution is 6.19. The monoisotopic (exact) mass is 750 g/mol. The van der Waals surface area contributed by atoms with Crippen molar-refractivity contribution in [1.82, 2.24) is 0 Å². The number of hydrogen-bond acceptors (Lipinski definition) is 15. The summed E-state index contributed by atoms with van der Waals surface area (Å²) in [5.74, 6) is -3.61. The van der Waals surface area contributed by atoms with Crippen molar-refractivity contribution in [3.63, 3.8) is 0 Å². The lowest BCUT2D eigenvalue weighted by molar-refractivity contribution is 0.0425. The van der Waals surface area contributed by atoms with Crippen LogP contribution in [0.3, 0.4) is 0 Å². The summed E-state index contributed by atoms with van der Waals surface area (Å²) < 4.78 is 8.94. The number of ether oxygens (including phenoxy) is 2. The number of cyclic esters (lactones) is 4. The molecule has 276 valence electrons. The fourth-order valence-electron chi connectivity index (χ4n) is 6.10. The number of benzene rings is 3. The molecule has 15 nitrogen and oxygen atoms in total. The van der Waals surface area contributed by atoms with Gasteiger partial charge < -0.3 is 9.47 Å². The third kappa shape index (κ3) is 8.65. The van der Waals surface area contributed by atoms with Crippen molar-refractivity contribution < 1.29 is 52.6 Å². The lowest BCUT2D eigenvalue weighted by atomic mass is 9.76. The maximum Gasteiger partial charge on any atom is 0.346 e. The van der Waals surface area contributed by atoms with Crippen LogP contribution in [0.2, 0.25) is 0 Å². The molecule has 2 aliphatic carbocycles. The van der Waals surface area contributed by atoms with E-state index in [1.54, 1.807) is 37.3 Å². The van der Waals surface area contributed by atoms with E-state index in [1.165, 1.54) is 48.6 Å². The maximum absolute atomic E-state index is 12.5. The molecule has 56 heavy (non-hydrogen) atoms. The van der Waals surface area contributed by atoms with E-state index >= 15 is 0 Å². The fraction of sp³-hybridized carbons (Fsp3) is 0.146. The fourth-order valence-corrected chi connectivity index (χ4v) is 6.10. The van der Waals surface area contributed by atoms with Gasteiger partial charge in [-0.3, -0.25) is 4.79 Å². The molecule has 0 amide bonds. The first kappa shape index (κ1) is 39.3. The smallest absolute Gasteiger partial charge is 0.346 e. The zero-order chi connectivity index (χ0) is 40.3. The second kappa shape index (κ2) is 17.3. The van der Waals surface area contributed by atoms with Gasteiger partial charge in [-0.25, -0.2) is 38.4 Å². The molecule has 2 atom stereocenters. The number of hydrogen-bond donors (Lipinski definition) is 0. The molecule has 0 fully saturated rings. The third-order valence-corrected chi connectivity index (χ3v) is 8.82. The Kier molecular flexibility index (Phi) is 12.1. The number of allylic oxidation sites excluding steroid dienone is 4. The van der Waals surface area contributed by atoms with E-state index in [9.17, 15) is 43.2 Å². The number of fused-ring (bicyclic) bond motifs is 2. The molecule has 2 unspecified atom stereocenters. The number of aliphatic imine (C=N–C) groups is 4. The van der Waals surface area contributed by atoms with E-state index in [0.29, 0.717) is 36.2 Å². The van der Waals surface area contributed by atoms with E-state index in [-0.39, 0.29) is 33.4 Å². The molecule has 4 aliphatic rings. The average Bonchev–Trinajstić information content (AvgIpc) is 3.65. The molecule has 2 heterocycles. The molecule has 3 aromatic carbocycles. The molecule has 15 heteroatoms. The van der Waals surface area contributed by atoms with Gasteiger partial charge in [0.25, 0.3) is 0 Å².